The predicted octanol–water partition coefficient (Wildman–Crippen LogP) is -1.34. The molecule has 0 bridgehead atoms. The molecule has 2 atom stereocenters. The molecular weight excluding hydrogens is 242 g/mol. The van der Waals surface area contributed by atoms with Crippen LogP contribution in [0.2, 0.25) is 0 Å². The largest absolute Gasteiger partial charge is 0.479 e. The Morgan fingerprint density at radius 2 is 2.33 bits per heavy atom. The maximum absolute atomic E-state index is 11.4. The second kappa shape index (κ2) is 6.80. The molecule has 0 aliphatic carbocycles. The number of methoxy groups -OCH3 is 1. The molecule has 3 amide bonds. The Labute approximate surface area is 104 Å². The molecular formula is C10H17N3O5. The van der Waals surface area contributed by atoms with Gasteiger partial charge < -0.3 is 25.8 Å². The number of carboxylic acids is 1. The van der Waals surface area contributed by atoms with Crippen LogP contribution in [-0.2, 0) is 14.3 Å². The van der Waals surface area contributed by atoms with Crippen LogP contribution in [0.3, 0.4) is 0 Å². The molecule has 1 heterocycles. The summed E-state index contributed by atoms with van der Waals surface area (Å²) in [5.74, 6) is -1.38. The lowest BCUT2D eigenvalue weighted by atomic mass is 10.1. The van der Waals surface area contributed by atoms with Crippen molar-refractivity contribution in [2.24, 2.45) is 0 Å². The molecule has 1 fully saturated rings. The number of amides is 3. The Morgan fingerprint density at radius 3 is 2.89 bits per heavy atom. The molecule has 8 heteroatoms. The number of carbonyl (C=O) groups excluding carboxylic acids is 2. The van der Waals surface area contributed by atoms with Gasteiger partial charge in [0.25, 0.3) is 0 Å². The van der Waals surface area contributed by atoms with Crippen LogP contribution in [-0.4, -0.2) is 55.4 Å². The number of carboxylic acid groups (broad SMARTS) is 1. The molecule has 2 unspecified atom stereocenters. The van der Waals surface area contributed by atoms with Crippen LogP contribution in [0, 0.1) is 0 Å². The van der Waals surface area contributed by atoms with Crippen molar-refractivity contribution in [3.05, 3.63) is 0 Å². The Morgan fingerprint density at radius 1 is 1.61 bits per heavy atom. The summed E-state index contributed by atoms with van der Waals surface area (Å²) in [4.78, 5) is 33.4. The summed E-state index contributed by atoms with van der Waals surface area (Å²) >= 11 is 0. The minimum atomic E-state index is -1.16. The molecule has 18 heavy (non-hydrogen) atoms. The Balaban J connectivity index is 2.32. The fourth-order valence-electron chi connectivity index (χ4n) is 1.58. The number of carbonyl (C=O) groups is 3. The third-order valence-electron chi connectivity index (χ3n) is 2.60. The summed E-state index contributed by atoms with van der Waals surface area (Å²) < 4.78 is 4.65. The second-order valence-corrected chi connectivity index (χ2v) is 3.90. The summed E-state index contributed by atoms with van der Waals surface area (Å²) in [7, 11) is 1.24. The van der Waals surface area contributed by atoms with Crippen molar-refractivity contribution >= 4 is 17.9 Å². The lowest BCUT2D eigenvalue weighted by molar-refractivity contribution is -0.148. The molecule has 8 nitrogen and oxygen atoms in total. The van der Waals surface area contributed by atoms with Crippen molar-refractivity contribution in [1.82, 2.24) is 16.0 Å². The highest BCUT2D eigenvalue weighted by atomic mass is 16.5. The van der Waals surface area contributed by atoms with Gasteiger partial charge in [0.05, 0.1) is 6.54 Å². The quantitative estimate of drug-likeness (QED) is 0.488. The van der Waals surface area contributed by atoms with Gasteiger partial charge in [0.15, 0.2) is 6.10 Å². The molecule has 1 rings (SSSR count). The standard InChI is InChI=1S/C10H17N3O5/c1-18-7(9(15)16)5-12-10(17)13-6-3-2-4-11-8(6)14/h6-7H,2-5H2,1H3,(H,11,14)(H,15,16)(H2,12,13,17). The summed E-state index contributed by atoms with van der Waals surface area (Å²) in [6, 6.07) is -1.15. The van der Waals surface area contributed by atoms with Crippen LogP contribution in [0.5, 0.6) is 0 Å². The second-order valence-electron chi connectivity index (χ2n) is 3.90. The van der Waals surface area contributed by atoms with E-state index >= 15 is 0 Å². The Kier molecular flexibility index (Phi) is 5.37. The first-order valence-electron chi connectivity index (χ1n) is 5.62. The number of aliphatic carboxylic acids is 1. The first-order valence-corrected chi connectivity index (χ1v) is 5.62. The maximum Gasteiger partial charge on any atom is 0.334 e. The maximum atomic E-state index is 11.4. The number of urea groups is 1. The molecule has 0 aromatic carbocycles. The molecule has 1 aliphatic heterocycles. The van der Waals surface area contributed by atoms with Crippen molar-refractivity contribution < 1.29 is 24.2 Å². The summed E-state index contributed by atoms with van der Waals surface area (Å²) in [5, 5.41) is 16.1. The van der Waals surface area contributed by atoms with Gasteiger partial charge in [0.2, 0.25) is 5.91 Å². The minimum Gasteiger partial charge on any atom is -0.479 e. The lowest BCUT2D eigenvalue weighted by Gasteiger charge is -2.23. The number of hydrogen-bond donors (Lipinski definition) is 4. The zero-order chi connectivity index (χ0) is 13.5. The summed E-state index contributed by atoms with van der Waals surface area (Å²) in [6.45, 7) is 0.454. The van der Waals surface area contributed by atoms with Crippen molar-refractivity contribution in [1.29, 1.82) is 0 Å². The molecule has 0 spiro atoms. The molecule has 4 N–H and O–H groups in total. The van der Waals surface area contributed by atoms with E-state index in [0.717, 1.165) is 6.42 Å². The molecule has 0 saturated carbocycles. The van der Waals surface area contributed by atoms with Gasteiger partial charge in [-0.15, -0.1) is 0 Å². The zero-order valence-corrected chi connectivity index (χ0v) is 10.1. The Hall–Kier alpha value is -1.83. The third-order valence-corrected chi connectivity index (χ3v) is 2.60. The van der Waals surface area contributed by atoms with Crippen molar-refractivity contribution in [3.63, 3.8) is 0 Å². The van der Waals surface area contributed by atoms with Gasteiger partial charge in [-0.2, -0.15) is 0 Å². The number of ether oxygens (including phenoxy) is 1. The summed E-state index contributed by atoms with van der Waals surface area (Å²) in [6.07, 6.45) is 0.272. The van der Waals surface area contributed by atoms with E-state index in [1.807, 2.05) is 0 Å². The highest BCUT2D eigenvalue weighted by Crippen LogP contribution is 2.02. The summed E-state index contributed by atoms with van der Waals surface area (Å²) in [5.41, 5.74) is 0. The highest BCUT2D eigenvalue weighted by Gasteiger charge is 2.24. The molecule has 0 aromatic heterocycles. The van der Waals surface area contributed by atoms with Crippen LogP contribution in [0.1, 0.15) is 12.8 Å². The van der Waals surface area contributed by atoms with Crippen LogP contribution in [0.4, 0.5) is 4.79 Å². The van der Waals surface area contributed by atoms with Crippen LogP contribution in [0.15, 0.2) is 0 Å². The molecule has 0 aromatic rings. The van der Waals surface area contributed by atoms with Gasteiger partial charge in [0.1, 0.15) is 6.04 Å². The van der Waals surface area contributed by atoms with Gasteiger partial charge in [-0.3, -0.25) is 4.79 Å². The predicted molar refractivity (Wildman–Crippen MR) is 61.0 cm³/mol. The molecule has 1 aliphatic rings. The molecule has 0 radical (unpaired) electrons. The van der Waals surface area contributed by atoms with Gasteiger partial charge in [-0.05, 0) is 12.8 Å². The van der Waals surface area contributed by atoms with Crippen molar-refractivity contribution in [2.75, 3.05) is 20.2 Å². The van der Waals surface area contributed by atoms with E-state index in [1.54, 1.807) is 0 Å². The van der Waals surface area contributed by atoms with E-state index in [1.165, 1.54) is 7.11 Å². The SMILES string of the molecule is COC(CNC(=O)NC1CCCNC1=O)C(=O)O. The average molecular weight is 259 g/mol. The van der Waals surface area contributed by atoms with Crippen LogP contribution < -0.4 is 16.0 Å². The fraction of sp³-hybridized carbons (Fsp3) is 0.700. The van der Waals surface area contributed by atoms with Crippen molar-refractivity contribution in [2.45, 2.75) is 25.0 Å². The average Bonchev–Trinajstić information content (AvgIpc) is 2.32. The molecule has 102 valence electrons. The first kappa shape index (κ1) is 14.2. The fourth-order valence-corrected chi connectivity index (χ4v) is 1.58. The van der Waals surface area contributed by atoms with Gasteiger partial charge in [-0.1, -0.05) is 0 Å². The number of rotatable bonds is 5. The topological polar surface area (TPSA) is 117 Å². The van der Waals surface area contributed by atoms with Crippen molar-refractivity contribution in [3.8, 4) is 0 Å². The highest BCUT2D eigenvalue weighted by molar-refractivity contribution is 5.87. The lowest BCUT2D eigenvalue weighted by Crippen LogP contribution is -2.53. The van der Waals surface area contributed by atoms with E-state index in [9.17, 15) is 14.4 Å². The number of piperidine rings is 1. The van der Waals surface area contributed by atoms with E-state index in [-0.39, 0.29) is 12.5 Å². The van der Waals surface area contributed by atoms with Gasteiger partial charge in [0, 0.05) is 13.7 Å². The first-order chi connectivity index (χ1) is 8.54. The number of nitrogens with one attached hydrogen (secondary N) is 3. The smallest absolute Gasteiger partial charge is 0.334 e. The van der Waals surface area contributed by atoms with E-state index < -0.39 is 24.1 Å². The van der Waals surface area contributed by atoms with E-state index in [0.29, 0.717) is 13.0 Å². The number of hydrogen-bond acceptors (Lipinski definition) is 4. The van der Waals surface area contributed by atoms with Gasteiger partial charge in [-0.25, -0.2) is 9.59 Å². The van der Waals surface area contributed by atoms with Crippen LogP contribution >= 0.6 is 0 Å². The third kappa shape index (κ3) is 4.21. The molecule has 1 saturated heterocycles. The minimum absolute atomic E-state index is 0.161. The Bertz CT molecular complexity index is 333. The van der Waals surface area contributed by atoms with E-state index in [2.05, 4.69) is 20.7 Å². The zero-order valence-electron chi connectivity index (χ0n) is 10.1. The van der Waals surface area contributed by atoms with E-state index in [4.69, 9.17) is 5.11 Å². The van der Waals surface area contributed by atoms with Crippen LogP contribution in [0.25, 0.3) is 0 Å². The monoisotopic (exact) mass is 259 g/mol. The normalized spacial score (nSPS) is 20.7. The van der Waals surface area contributed by atoms with Gasteiger partial charge >= 0.3 is 12.0 Å².